The van der Waals surface area contributed by atoms with Crippen LogP contribution in [0.5, 0.6) is 0 Å². The first-order valence-corrected chi connectivity index (χ1v) is 9.64. The van der Waals surface area contributed by atoms with E-state index in [9.17, 15) is 14.4 Å². The lowest BCUT2D eigenvalue weighted by molar-refractivity contribution is -0.134. The number of ether oxygens (including phenoxy) is 1. The molecule has 3 amide bonds. The van der Waals surface area contributed by atoms with E-state index in [0.29, 0.717) is 31.8 Å². The number of amides is 3. The third kappa shape index (κ3) is 4.87. The van der Waals surface area contributed by atoms with Crippen LogP contribution in [0.25, 0.3) is 0 Å². The third-order valence-corrected chi connectivity index (χ3v) is 5.17. The molecule has 2 aliphatic heterocycles. The van der Waals surface area contributed by atoms with Crippen LogP contribution in [0.2, 0.25) is 0 Å². The number of likely N-dealkylation sites (tertiary alicyclic amines) is 1. The maximum absolute atomic E-state index is 12.2. The molecule has 6 nitrogen and oxygen atoms in total. The number of piperidine rings is 2. The van der Waals surface area contributed by atoms with Gasteiger partial charge in [0.15, 0.2) is 0 Å². The summed E-state index contributed by atoms with van der Waals surface area (Å²) < 4.78 is 5.45. The van der Waals surface area contributed by atoms with Crippen molar-refractivity contribution in [1.29, 1.82) is 0 Å². The number of nitrogens with zero attached hydrogens (tertiary/aromatic N) is 1. The Morgan fingerprint density at radius 3 is 2.41 bits per heavy atom. The van der Waals surface area contributed by atoms with Crippen LogP contribution in [0.1, 0.15) is 69.4 Å². The average Bonchev–Trinajstić information content (AvgIpc) is 2.60. The van der Waals surface area contributed by atoms with E-state index in [1.807, 2.05) is 32.9 Å². The zero-order valence-electron chi connectivity index (χ0n) is 16.3. The van der Waals surface area contributed by atoms with Crippen LogP contribution in [0.3, 0.4) is 0 Å². The second kappa shape index (κ2) is 7.71. The van der Waals surface area contributed by atoms with E-state index in [1.165, 1.54) is 5.56 Å². The van der Waals surface area contributed by atoms with Gasteiger partial charge in [0.1, 0.15) is 5.60 Å². The standard InChI is InChI=1S/C21H28N2O4/c1-21(2,3)27-20(26)23-11-9-14(10-12-23)15-5-4-6-16(13-15)17-7-8-18(24)22-19(17)25/h4-6,13-14,17H,7-12H2,1-3H3,(H,22,24,25)/t17-/m0/s1. The van der Waals surface area contributed by atoms with Crippen LogP contribution in [-0.2, 0) is 14.3 Å². The number of imide groups is 1. The molecule has 3 rings (SSSR count). The molecule has 1 aromatic rings. The second-order valence-electron chi connectivity index (χ2n) is 8.42. The molecule has 6 heteroatoms. The predicted molar refractivity (Wildman–Crippen MR) is 101 cm³/mol. The summed E-state index contributed by atoms with van der Waals surface area (Å²) in [6, 6.07) is 8.12. The average molecular weight is 372 g/mol. The van der Waals surface area contributed by atoms with Crippen molar-refractivity contribution < 1.29 is 19.1 Å². The lowest BCUT2D eigenvalue weighted by Gasteiger charge is -2.34. The van der Waals surface area contributed by atoms with Gasteiger partial charge in [-0.05, 0) is 57.1 Å². The summed E-state index contributed by atoms with van der Waals surface area (Å²) >= 11 is 0. The normalized spacial score (nSPS) is 21.7. The van der Waals surface area contributed by atoms with Crippen molar-refractivity contribution in [3.8, 4) is 0 Å². The number of nitrogens with one attached hydrogen (secondary N) is 1. The van der Waals surface area contributed by atoms with Crippen molar-refractivity contribution in [2.45, 2.75) is 63.9 Å². The van der Waals surface area contributed by atoms with Crippen molar-refractivity contribution in [2.24, 2.45) is 0 Å². The van der Waals surface area contributed by atoms with Crippen molar-refractivity contribution >= 4 is 17.9 Å². The fourth-order valence-electron chi connectivity index (χ4n) is 3.76. The van der Waals surface area contributed by atoms with E-state index in [-0.39, 0.29) is 23.8 Å². The van der Waals surface area contributed by atoms with E-state index >= 15 is 0 Å². The van der Waals surface area contributed by atoms with Crippen molar-refractivity contribution in [2.75, 3.05) is 13.1 Å². The third-order valence-electron chi connectivity index (χ3n) is 5.17. The quantitative estimate of drug-likeness (QED) is 0.808. The molecule has 2 aliphatic rings. The maximum atomic E-state index is 12.2. The Morgan fingerprint density at radius 2 is 1.78 bits per heavy atom. The van der Waals surface area contributed by atoms with Crippen LogP contribution < -0.4 is 5.32 Å². The molecule has 2 fully saturated rings. The molecule has 0 bridgehead atoms. The molecule has 1 N–H and O–H groups in total. The molecule has 0 saturated carbocycles. The highest BCUT2D eigenvalue weighted by Crippen LogP contribution is 2.32. The first-order valence-electron chi connectivity index (χ1n) is 9.64. The molecular formula is C21H28N2O4. The lowest BCUT2D eigenvalue weighted by Crippen LogP contribution is -2.41. The highest BCUT2D eigenvalue weighted by molar-refractivity contribution is 6.00. The molecule has 2 heterocycles. The molecule has 0 aliphatic carbocycles. The predicted octanol–water partition coefficient (Wildman–Crippen LogP) is 3.32. The smallest absolute Gasteiger partial charge is 0.410 e. The molecule has 27 heavy (non-hydrogen) atoms. The van der Waals surface area contributed by atoms with Gasteiger partial charge in [-0.1, -0.05) is 24.3 Å². The Balaban J connectivity index is 1.63. The van der Waals surface area contributed by atoms with E-state index in [2.05, 4.69) is 17.4 Å². The van der Waals surface area contributed by atoms with Gasteiger partial charge < -0.3 is 9.64 Å². The Hall–Kier alpha value is -2.37. The Kier molecular flexibility index (Phi) is 5.53. The SMILES string of the molecule is CC(C)(C)OC(=O)N1CCC(c2cccc([C@@H]3CCC(=O)NC3=O)c2)CC1. The van der Waals surface area contributed by atoms with Gasteiger partial charge in [-0.25, -0.2) is 4.79 Å². The number of hydrogen-bond donors (Lipinski definition) is 1. The second-order valence-corrected chi connectivity index (χ2v) is 8.42. The Bertz CT molecular complexity index is 730. The Labute approximate surface area is 160 Å². The van der Waals surface area contributed by atoms with Crippen molar-refractivity contribution in [3.05, 3.63) is 35.4 Å². The Morgan fingerprint density at radius 1 is 1.11 bits per heavy atom. The van der Waals surface area contributed by atoms with Crippen LogP contribution in [0.4, 0.5) is 4.79 Å². The summed E-state index contributed by atoms with van der Waals surface area (Å²) in [6.45, 7) is 6.96. The fraction of sp³-hybridized carbons (Fsp3) is 0.571. The monoisotopic (exact) mass is 372 g/mol. The molecule has 0 unspecified atom stereocenters. The van der Waals surface area contributed by atoms with Gasteiger partial charge in [-0.3, -0.25) is 14.9 Å². The summed E-state index contributed by atoms with van der Waals surface area (Å²) in [4.78, 5) is 37.5. The van der Waals surface area contributed by atoms with Gasteiger partial charge in [-0.2, -0.15) is 0 Å². The first kappa shape index (κ1) is 19.4. The fourth-order valence-corrected chi connectivity index (χ4v) is 3.76. The molecule has 146 valence electrons. The van der Waals surface area contributed by atoms with Gasteiger partial charge in [0, 0.05) is 19.5 Å². The highest BCUT2D eigenvalue weighted by atomic mass is 16.6. The van der Waals surface area contributed by atoms with Crippen LogP contribution >= 0.6 is 0 Å². The summed E-state index contributed by atoms with van der Waals surface area (Å²) in [6.07, 6.45) is 2.44. The van der Waals surface area contributed by atoms with Gasteiger partial charge in [-0.15, -0.1) is 0 Å². The molecule has 0 radical (unpaired) electrons. The summed E-state index contributed by atoms with van der Waals surface area (Å²) in [7, 11) is 0. The minimum atomic E-state index is -0.482. The number of rotatable bonds is 2. The van der Waals surface area contributed by atoms with E-state index in [0.717, 1.165) is 18.4 Å². The highest BCUT2D eigenvalue weighted by Gasteiger charge is 2.30. The van der Waals surface area contributed by atoms with E-state index in [1.54, 1.807) is 4.90 Å². The first-order chi connectivity index (χ1) is 12.7. The lowest BCUT2D eigenvalue weighted by atomic mass is 9.85. The number of carbonyl (C=O) groups is 3. The van der Waals surface area contributed by atoms with E-state index in [4.69, 9.17) is 4.74 Å². The van der Waals surface area contributed by atoms with Crippen LogP contribution in [0, 0.1) is 0 Å². The number of hydrogen-bond acceptors (Lipinski definition) is 4. The zero-order valence-corrected chi connectivity index (χ0v) is 16.3. The van der Waals surface area contributed by atoms with Gasteiger partial charge >= 0.3 is 6.09 Å². The molecule has 2 saturated heterocycles. The van der Waals surface area contributed by atoms with Gasteiger partial charge in [0.05, 0.1) is 5.92 Å². The molecule has 0 aromatic heterocycles. The summed E-state index contributed by atoms with van der Waals surface area (Å²) in [5.41, 5.74) is 1.68. The number of benzene rings is 1. The van der Waals surface area contributed by atoms with Crippen molar-refractivity contribution in [3.63, 3.8) is 0 Å². The molecule has 0 spiro atoms. The maximum Gasteiger partial charge on any atom is 0.410 e. The zero-order chi connectivity index (χ0) is 19.6. The van der Waals surface area contributed by atoms with Crippen LogP contribution in [0.15, 0.2) is 24.3 Å². The number of carbonyl (C=O) groups excluding carboxylic acids is 3. The minimum absolute atomic E-state index is 0.193. The van der Waals surface area contributed by atoms with Crippen LogP contribution in [-0.4, -0.2) is 41.5 Å². The minimum Gasteiger partial charge on any atom is -0.444 e. The largest absolute Gasteiger partial charge is 0.444 e. The topological polar surface area (TPSA) is 75.7 Å². The van der Waals surface area contributed by atoms with E-state index < -0.39 is 5.60 Å². The summed E-state index contributed by atoms with van der Waals surface area (Å²) in [5, 5.41) is 2.43. The van der Waals surface area contributed by atoms with Gasteiger partial charge in [0.2, 0.25) is 11.8 Å². The molecule has 1 atom stereocenters. The molecular weight excluding hydrogens is 344 g/mol. The molecule has 1 aromatic carbocycles. The van der Waals surface area contributed by atoms with Gasteiger partial charge in [0.25, 0.3) is 0 Å². The van der Waals surface area contributed by atoms with Crippen molar-refractivity contribution in [1.82, 2.24) is 10.2 Å². The summed E-state index contributed by atoms with van der Waals surface area (Å²) in [5.74, 6) is -0.300.